The molecule has 2 aromatic carbocycles. The van der Waals surface area contributed by atoms with Gasteiger partial charge < -0.3 is 9.64 Å². The molecule has 5 heteroatoms. The van der Waals surface area contributed by atoms with Crippen LogP contribution in [0.3, 0.4) is 0 Å². The molecule has 0 spiro atoms. The number of hydrogen-bond donors (Lipinski definition) is 0. The summed E-state index contributed by atoms with van der Waals surface area (Å²) < 4.78 is 5.40. The third kappa shape index (κ3) is 4.01. The largest absolute Gasteiger partial charge is 0.378 e. The van der Waals surface area contributed by atoms with Crippen molar-refractivity contribution in [2.24, 2.45) is 0 Å². The van der Waals surface area contributed by atoms with Crippen LogP contribution in [-0.2, 0) is 16.0 Å². The zero-order chi connectivity index (χ0) is 20.1. The molecule has 1 atom stereocenters. The van der Waals surface area contributed by atoms with Crippen molar-refractivity contribution < 1.29 is 14.3 Å². The smallest absolute Gasteiger partial charge is 0.190 e. The lowest BCUT2D eigenvalue weighted by atomic mass is 9.79. The first kappa shape index (κ1) is 20.2. The predicted octanol–water partition coefficient (Wildman–Crippen LogP) is 2.84. The molecule has 1 saturated heterocycles. The average molecular weight is 380 g/mol. The van der Waals surface area contributed by atoms with Gasteiger partial charge in [0.2, 0.25) is 0 Å². The highest BCUT2D eigenvalue weighted by Gasteiger charge is 2.45. The van der Waals surface area contributed by atoms with Gasteiger partial charge >= 0.3 is 0 Å². The predicted molar refractivity (Wildman–Crippen MR) is 111 cm³/mol. The summed E-state index contributed by atoms with van der Waals surface area (Å²) >= 11 is 0. The molecule has 3 rings (SSSR count). The van der Waals surface area contributed by atoms with E-state index in [0.717, 1.165) is 24.3 Å². The van der Waals surface area contributed by atoms with Crippen LogP contribution in [0, 0.1) is 0 Å². The van der Waals surface area contributed by atoms with E-state index in [0.29, 0.717) is 25.2 Å². The van der Waals surface area contributed by atoms with Crippen molar-refractivity contribution >= 4 is 17.3 Å². The molecule has 1 fully saturated rings. The van der Waals surface area contributed by atoms with Gasteiger partial charge in [0, 0.05) is 30.8 Å². The summed E-state index contributed by atoms with van der Waals surface area (Å²) in [5.41, 5.74) is 1.37. The maximum Gasteiger partial charge on any atom is 0.190 e. The first-order valence-electron chi connectivity index (χ1n) is 9.65. The number of anilines is 1. The van der Waals surface area contributed by atoms with E-state index in [1.54, 1.807) is 19.0 Å². The van der Waals surface area contributed by atoms with Gasteiger partial charge in [-0.25, -0.2) is 0 Å². The van der Waals surface area contributed by atoms with Gasteiger partial charge in [0.15, 0.2) is 11.6 Å². The molecule has 0 aromatic heterocycles. The van der Waals surface area contributed by atoms with Gasteiger partial charge in [-0.15, -0.1) is 0 Å². The van der Waals surface area contributed by atoms with E-state index in [2.05, 4.69) is 4.90 Å². The highest BCUT2D eigenvalue weighted by Crippen LogP contribution is 2.27. The second kappa shape index (κ2) is 8.67. The number of carbonyl (C=O) groups excluding carboxylic acids is 2. The molecule has 1 aliphatic rings. The standard InChI is InChI=1S/C23H28N2O3/c1-18(26)23(24(2)3,17-19-7-5-4-6-8-19)22(27)20-9-11-21(12-10-20)25-13-15-28-16-14-25/h4-12H,13-17H2,1-3H3. The van der Waals surface area contributed by atoms with Crippen molar-refractivity contribution in [3.63, 3.8) is 0 Å². The van der Waals surface area contributed by atoms with Gasteiger partial charge in [0.05, 0.1) is 13.2 Å². The lowest BCUT2D eigenvalue weighted by Crippen LogP contribution is -2.58. The fourth-order valence-corrected chi connectivity index (χ4v) is 3.82. The van der Waals surface area contributed by atoms with Gasteiger partial charge in [-0.1, -0.05) is 30.3 Å². The number of nitrogens with zero attached hydrogens (tertiary/aromatic N) is 2. The number of carbonyl (C=O) groups is 2. The van der Waals surface area contributed by atoms with E-state index in [1.165, 1.54) is 6.92 Å². The molecule has 1 aliphatic heterocycles. The number of benzene rings is 2. The topological polar surface area (TPSA) is 49.9 Å². The van der Waals surface area contributed by atoms with Crippen LogP contribution in [-0.4, -0.2) is 62.4 Å². The highest BCUT2D eigenvalue weighted by atomic mass is 16.5. The van der Waals surface area contributed by atoms with Crippen LogP contribution in [0.15, 0.2) is 54.6 Å². The van der Waals surface area contributed by atoms with E-state index in [1.807, 2.05) is 54.6 Å². The summed E-state index contributed by atoms with van der Waals surface area (Å²) in [5, 5.41) is 0. The van der Waals surface area contributed by atoms with Crippen molar-refractivity contribution in [2.45, 2.75) is 18.9 Å². The Labute approximate surface area is 166 Å². The fourth-order valence-electron chi connectivity index (χ4n) is 3.82. The third-order valence-corrected chi connectivity index (χ3v) is 5.53. The fraction of sp³-hybridized carbons (Fsp3) is 0.391. The first-order valence-corrected chi connectivity index (χ1v) is 9.65. The molecule has 148 valence electrons. The summed E-state index contributed by atoms with van der Waals surface area (Å²) in [5.74, 6) is -0.314. The number of hydrogen-bond acceptors (Lipinski definition) is 5. The number of likely N-dealkylation sites (N-methyl/N-ethyl adjacent to an activating group) is 1. The summed E-state index contributed by atoms with van der Waals surface area (Å²) in [6.45, 7) is 4.62. The summed E-state index contributed by atoms with van der Waals surface area (Å²) in [6, 6.07) is 17.3. The highest BCUT2D eigenvalue weighted by molar-refractivity contribution is 6.18. The molecule has 2 aromatic rings. The number of ether oxygens (including phenoxy) is 1. The van der Waals surface area contributed by atoms with E-state index < -0.39 is 5.54 Å². The summed E-state index contributed by atoms with van der Waals surface area (Å²) in [4.78, 5) is 30.3. The van der Waals surface area contributed by atoms with Crippen LogP contribution in [0.25, 0.3) is 0 Å². The van der Waals surface area contributed by atoms with Gasteiger partial charge in [-0.2, -0.15) is 0 Å². The summed E-state index contributed by atoms with van der Waals surface area (Å²) in [6.07, 6.45) is 0.347. The zero-order valence-corrected chi connectivity index (χ0v) is 16.9. The molecule has 1 heterocycles. The molecule has 5 nitrogen and oxygen atoms in total. The van der Waals surface area contributed by atoms with Gasteiger partial charge in [0.1, 0.15) is 5.54 Å². The molecule has 1 unspecified atom stereocenters. The normalized spacial score (nSPS) is 16.6. The Kier molecular flexibility index (Phi) is 6.27. The van der Waals surface area contributed by atoms with Crippen molar-refractivity contribution in [1.29, 1.82) is 0 Å². The van der Waals surface area contributed by atoms with E-state index >= 15 is 0 Å². The quantitative estimate of drug-likeness (QED) is 0.546. The number of ketones is 2. The Balaban J connectivity index is 1.91. The van der Waals surface area contributed by atoms with E-state index in [4.69, 9.17) is 4.74 Å². The van der Waals surface area contributed by atoms with Crippen LogP contribution >= 0.6 is 0 Å². The van der Waals surface area contributed by atoms with Crippen LogP contribution in [0.1, 0.15) is 22.8 Å². The molecular weight excluding hydrogens is 352 g/mol. The lowest BCUT2D eigenvalue weighted by molar-refractivity contribution is -0.125. The van der Waals surface area contributed by atoms with Crippen LogP contribution < -0.4 is 4.90 Å². The molecule has 28 heavy (non-hydrogen) atoms. The van der Waals surface area contributed by atoms with Crippen molar-refractivity contribution in [2.75, 3.05) is 45.3 Å². The molecule has 0 N–H and O–H groups in total. The van der Waals surface area contributed by atoms with Crippen molar-refractivity contribution in [1.82, 2.24) is 4.90 Å². The minimum atomic E-state index is -1.22. The lowest BCUT2D eigenvalue weighted by Gasteiger charge is -2.36. The number of rotatable bonds is 7. The SMILES string of the molecule is CC(=O)C(Cc1ccccc1)(C(=O)c1ccc(N2CCOCC2)cc1)N(C)C. The minimum Gasteiger partial charge on any atom is -0.378 e. The zero-order valence-electron chi connectivity index (χ0n) is 16.9. The van der Waals surface area contributed by atoms with Gasteiger partial charge in [-0.3, -0.25) is 14.5 Å². The molecule has 0 aliphatic carbocycles. The maximum absolute atomic E-state index is 13.5. The Bertz CT molecular complexity index is 812. The molecule has 0 bridgehead atoms. The Morgan fingerprint density at radius 3 is 2.14 bits per heavy atom. The van der Waals surface area contributed by atoms with Crippen molar-refractivity contribution in [3.8, 4) is 0 Å². The average Bonchev–Trinajstić information content (AvgIpc) is 2.72. The first-order chi connectivity index (χ1) is 13.4. The monoisotopic (exact) mass is 380 g/mol. The molecule has 0 radical (unpaired) electrons. The second-order valence-electron chi connectivity index (χ2n) is 7.45. The molecule has 0 saturated carbocycles. The van der Waals surface area contributed by atoms with Gasteiger partial charge in [-0.05, 0) is 50.8 Å². The minimum absolute atomic E-state index is 0.149. The van der Waals surface area contributed by atoms with Crippen molar-refractivity contribution in [3.05, 3.63) is 65.7 Å². The molecule has 0 amide bonds. The van der Waals surface area contributed by atoms with E-state index in [-0.39, 0.29) is 11.6 Å². The summed E-state index contributed by atoms with van der Waals surface area (Å²) in [7, 11) is 3.59. The van der Waals surface area contributed by atoms with Crippen LogP contribution in [0.4, 0.5) is 5.69 Å². The Hall–Kier alpha value is -2.50. The maximum atomic E-state index is 13.5. The Morgan fingerprint density at radius 2 is 1.61 bits per heavy atom. The second-order valence-corrected chi connectivity index (χ2v) is 7.45. The van der Waals surface area contributed by atoms with Crippen LogP contribution in [0.2, 0.25) is 0 Å². The molecular formula is C23H28N2O3. The number of Topliss-reactive ketones (excluding diaryl/α,β-unsaturated/α-hetero) is 2. The Morgan fingerprint density at radius 1 is 1.00 bits per heavy atom. The van der Waals surface area contributed by atoms with E-state index in [9.17, 15) is 9.59 Å². The third-order valence-electron chi connectivity index (χ3n) is 5.53. The van der Waals surface area contributed by atoms with Gasteiger partial charge in [0.25, 0.3) is 0 Å². The van der Waals surface area contributed by atoms with Crippen LogP contribution in [0.5, 0.6) is 0 Å². The number of morpholine rings is 1.